The molecule has 0 aromatic heterocycles. The van der Waals surface area contributed by atoms with Crippen molar-refractivity contribution in [2.45, 2.75) is 19.1 Å². The van der Waals surface area contributed by atoms with Crippen LogP contribution in [0.25, 0.3) is 0 Å². The molecule has 0 aliphatic carbocycles. The van der Waals surface area contributed by atoms with Gasteiger partial charge < -0.3 is 9.84 Å². The zero-order valence-corrected chi connectivity index (χ0v) is 7.43. The van der Waals surface area contributed by atoms with E-state index >= 15 is 0 Å². The van der Waals surface area contributed by atoms with Crippen molar-refractivity contribution in [1.82, 2.24) is 0 Å². The highest BCUT2D eigenvalue weighted by Gasteiger charge is 2.28. The molecule has 3 heteroatoms. The molecule has 1 atom stereocenters. The van der Waals surface area contributed by atoms with Crippen LogP contribution in [0.15, 0.2) is 30.3 Å². The highest BCUT2D eigenvalue weighted by Crippen LogP contribution is 2.24. The Hall–Kier alpha value is -1.35. The van der Waals surface area contributed by atoms with Crippen LogP contribution in [-0.4, -0.2) is 11.6 Å². The fraction of sp³-hybridized carbons (Fsp3) is 0.300. The van der Waals surface area contributed by atoms with Crippen LogP contribution < -0.4 is 0 Å². The van der Waals surface area contributed by atoms with Gasteiger partial charge in [-0.1, -0.05) is 37.3 Å². The summed E-state index contributed by atoms with van der Waals surface area (Å²) in [6.07, 6.45) is 0.329. The normalized spacial score (nSPS) is 14.6. The smallest absolute Gasteiger partial charge is 0.295 e. The Labute approximate surface area is 77.0 Å². The molecule has 1 aromatic rings. The number of rotatable bonds is 4. The Morgan fingerprint density at radius 1 is 1.46 bits per heavy atom. The summed E-state index contributed by atoms with van der Waals surface area (Å²) >= 11 is 0. The molecule has 0 amide bonds. The zero-order chi connectivity index (χ0) is 9.73. The van der Waals surface area contributed by atoms with Crippen LogP contribution in [-0.2, 0) is 15.3 Å². The quantitative estimate of drug-likeness (QED) is 0.563. The van der Waals surface area contributed by atoms with Gasteiger partial charge in [0.05, 0.1) is 0 Å². The van der Waals surface area contributed by atoms with E-state index in [9.17, 15) is 9.90 Å². The minimum Gasteiger partial charge on any atom is -0.431 e. The molecular weight excluding hydrogens is 168 g/mol. The van der Waals surface area contributed by atoms with Gasteiger partial charge in [0.25, 0.3) is 6.47 Å². The summed E-state index contributed by atoms with van der Waals surface area (Å²) in [6.45, 7) is 2.01. The van der Waals surface area contributed by atoms with Gasteiger partial charge in [0, 0.05) is 12.0 Å². The number of carbonyl (C=O) groups is 1. The van der Waals surface area contributed by atoms with Gasteiger partial charge in [-0.05, 0) is 0 Å². The van der Waals surface area contributed by atoms with Crippen LogP contribution in [0, 0.1) is 0 Å². The van der Waals surface area contributed by atoms with E-state index in [1.165, 1.54) is 0 Å². The number of benzene rings is 1. The molecule has 0 saturated heterocycles. The molecule has 1 unspecified atom stereocenters. The SMILES string of the molecule is CCC(O)(OC=O)c1ccccc1. The highest BCUT2D eigenvalue weighted by atomic mass is 16.6. The van der Waals surface area contributed by atoms with E-state index < -0.39 is 5.79 Å². The average Bonchev–Trinajstić information content (AvgIpc) is 2.19. The van der Waals surface area contributed by atoms with Crippen molar-refractivity contribution in [3.63, 3.8) is 0 Å². The molecule has 13 heavy (non-hydrogen) atoms. The molecule has 0 heterocycles. The number of hydrogen-bond acceptors (Lipinski definition) is 3. The third kappa shape index (κ3) is 2.06. The fourth-order valence-electron chi connectivity index (χ4n) is 1.13. The van der Waals surface area contributed by atoms with Gasteiger partial charge in [0.2, 0.25) is 5.79 Å². The molecule has 0 aliphatic rings. The number of ether oxygens (including phenoxy) is 1. The van der Waals surface area contributed by atoms with Crippen LogP contribution in [0.1, 0.15) is 18.9 Å². The second-order valence-electron chi connectivity index (χ2n) is 2.72. The lowest BCUT2D eigenvalue weighted by atomic mass is 10.0. The second-order valence-corrected chi connectivity index (χ2v) is 2.72. The Morgan fingerprint density at radius 2 is 2.08 bits per heavy atom. The number of hydrogen-bond donors (Lipinski definition) is 1. The van der Waals surface area contributed by atoms with Gasteiger partial charge >= 0.3 is 0 Å². The first-order chi connectivity index (χ1) is 6.23. The van der Waals surface area contributed by atoms with Gasteiger partial charge in [-0.15, -0.1) is 0 Å². The van der Waals surface area contributed by atoms with Gasteiger partial charge in [0.15, 0.2) is 0 Å². The molecule has 70 valence electrons. The Bertz CT molecular complexity index is 271. The first-order valence-corrected chi connectivity index (χ1v) is 4.12. The maximum Gasteiger partial charge on any atom is 0.295 e. The molecule has 0 saturated carbocycles. The second kappa shape index (κ2) is 4.05. The third-order valence-corrected chi connectivity index (χ3v) is 1.95. The highest BCUT2D eigenvalue weighted by molar-refractivity contribution is 5.39. The van der Waals surface area contributed by atoms with E-state index in [0.29, 0.717) is 12.0 Å². The van der Waals surface area contributed by atoms with Crippen LogP contribution in [0.5, 0.6) is 0 Å². The molecule has 0 spiro atoms. The summed E-state index contributed by atoms with van der Waals surface area (Å²) in [7, 11) is 0. The van der Waals surface area contributed by atoms with Crippen molar-refractivity contribution in [3.05, 3.63) is 35.9 Å². The van der Waals surface area contributed by atoms with Gasteiger partial charge in [-0.3, -0.25) is 4.79 Å². The van der Waals surface area contributed by atoms with Gasteiger partial charge in [-0.25, -0.2) is 0 Å². The van der Waals surface area contributed by atoms with Crippen molar-refractivity contribution in [3.8, 4) is 0 Å². The van der Waals surface area contributed by atoms with Crippen molar-refractivity contribution in [1.29, 1.82) is 0 Å². The molecule has 1 aromatic carbocycles. The van der Waals surface area contributed by atoms with E-state index in [2.05, 4.69) is 4.74 Å². The van der Waals surface area contributed by atoms with E-state index in [4.69, 9.17) is 0 Å². The topological polar surface area (TPSA) is 46.5 Å². The molecule has 0 radical (unpaired) electrons. The Morgan fingerprint density at radius 3 is 2.54 bits per heavy atom. The number of carbonyl (C=O) groups excluding carboxylic acids is 1. The molecule has 3 nitrogen and oxygen atoms in total. The molecule has 1 rings (SSSR count). The van der Waals surface area contributed by atoms with Crippen molar-refractivity contribution >= 4 is 6.47 Å². The summed E-state index contributed by atoms with van der Waals surface area (Å²) < 4.78 is 4.64. The standard InChI is InChI=1S/C10H12O3/c1-2-10(12,13-8-11)9-6-4-3-5-7-9/h3-8,12H,2H2,1H3. The first kappa shape index (κ1) is 9.74. The average molecular weight is 180 g/mol. The van der Waals surface area contributed by atoms with Crippen LogP contribution in [0.4, 0.5) is 0 Å². The van der Waals surface area contributed by atoms with Crippen LogP contribution in [0.2, 0.25) is 0 Å². The lowest BCUT2D eigenvalue weighted by molar-refractivity contribution is -0.203. The van der Waals surface area contributed by atoms with E-state index in [-0.39, 0.29) is 6.47 Å². The molecule has 0 fully saturated rings. The number of aliphatic hydroxyl groups is 1. The van der Waals surface area contributed by atoms with Crippen molar-refractivity contribution < 1.29 is 14.6 Å². The minimum absolute atomic E-state index is 0.260. The van der Waals surface area contributed by atoms with Crippen LogP contribution >= 0.6 is 0 Å². The van der Waals surface area contributed by atoms with Gasteiger partial charge in [-0.2, -0.15) is 0 Å². The molecule has 0 aliphatic heterocycles. The largest absolute Gasteiger partial charge is 0.431 e. The zero-order valence-electron chi connectivity index (χ0n) is 7.43. The molecular formula is C10H12O3. The van der Waals surface area contributed by atoms with E-state index in [0.717, 1.165) is 0 Å². The predicted octanol–water partition coefficient (Wildman–Crippen LogP) is 1.41. The third-order valence-electron chi connectivity index (χ3n) is 1.95. The maximum atomic E-state index is 10.2. The van der Waals surface area contributed by atoms with Crippen LogP contribution in [0.3, 0.4) is 0 Å². The lowest BCUT2D eigenvalue weighted by Crippen LogP contribution is -2.27. The summed E-state index contributed by atoms with van der Waals surface area (Å²) in [5.41, 5.74) is 0.588. The Kier molecular flexibility index (Phi) is 3.03. The van der Waals surface area contributed by atoms with E-state index in [1.54, 1.807) is 31.2 Å². The maximum absolute atomic E-state index is 10.2. The fourth-order valence-corrected chi connectivity index (χ4v) is 1.13. The summed E-state index contributed by atoms with van der Waals surface area (Å²) in [5, 5.41) is 9.84. The molecule has 0 bridgehead atoms. The molecule has 1 N–H and O–H groups in total. The van der Waals surface area contributed by atoms with Crippen molar-refractivity contribution in [2.24, 2.45) is 0 Å². The monoisotopic (exact) mass is 180 g/mol. The first-order valence-electron chi connectivity index (χ1n) is 4.12. The Balaban J connectivity index is 2.95. The predicted molar refractivity (Wildman–Crippen MR) is 47.8 cm³/mol. The summed E-state index contributed by atoms with van der Waals surface area (Å²) in [4.78, 5) is 10.2. The van der Waals surface area contributed by atoms with Gasteiger partial charge in [0.1, 0.15) is 0 Å². The minimum atomic E-state index is -1.48. The summed E-state index contributed by atoms with van der Waals surface area (Å²) in [6, 6.07) is 8.83. The van der Waals surface area contributed by atoms with Crippen molar-refractivity contribution in [2.75, 3.05) is 0 Å². The summed E-state index contributed by atoms with van der Waals surface area (Å²) in [5.74, 6) is -1.48. The lowest BCUT2D eigenvalue weighted by Gasteiger charge is -2.24. The van der Waals surface area contributed by atoms with E-state index in [1.807, 2.05) is 6.07 Å².